The fraction of sp³-hybridized carbons (Fsp3) is 0.500. The Bertz CT molecular complexity index is 850. The monoisotopic (exact) mass is 336 g/mol. The standard InChI is InChI=1S/C20H24N4O/c25-19(20-6-2-9-23(14-20)12-7-20)24-10-4-15(5-11-24)17-13-22-18-16(17)3-1-8-21-18/h1,3-4,8,13H,2,5-7,9-12,14H2,(H,21,22). The van der Waals surface area contributed by atoms with Gasteiger partial charge in [0.15, 0.2) is 0 Å². The number of fused-ring (bicyclic) bond motifs is 3. The predicted molar refractivity (Wildman–Crippen MR) is 98.0 cm³/mol. The molecule has 2 saturated heterocycles. The minimum Gasteiger partial charge on any atom is -0.346 e. The fourth-order valence-corrected chi connectivity index (χ4v) is 4.93. The number of hydrogen-bond acceptors (Lipinski definition) is 3. The Kier molecular flexibility index (Phi) is 3.45. The normalized spacial score (nSPS) is 29.0. The smallest absolute Gasteiger partial charge is 0.230 e. The van der Waals surface area contributed by atoms with Crippen LogP contribution < -0.4 is 0 Å². The van der Waals surface area contributed by atoms with Crippen molar-refractivity contribution in [2.75, 3.05) is 32.7 Å². The molecule has 3 aliphatic heterocycles. The zero-order valence-corrected chi connectivity index (χ0v) is 14.5. The molecule has 0 aromatic carbocycles. The maximum absolute atomic E-state index is 13.2. The summed E-state index contributed by atoms with van der Waals surface area (Å²) < 4.78 is 0. The van der Waals surface area contributed by atoms with E-state index in [1.54, 1.807) is 0 Å². The van der Waals surface area contributed by atoms with Gasteiger partial charge in [0.1, 0.15) is 5.65 Å². The van der Waals surface area contributed by atoms with Crippen LogP contribution in [0, 0.1) is 5.41 Å². The maximum Gasteiger partial charge on any atom is 0.230 e. The highest BCUT2D eigenvalue weighted by molar-refractivity contribution is 5.91. The molecule has 0 radical (unpaired) electrons. The van der Waals surface area contributed by atoms with Crippen LogP contribution in [-0.4, -0.2) is 58.4 Å². The van der Waals surface area contributed by atoms with Crippen LogP contribution in [0.1, 0.15) is 31.2 Å². The zero-order chi connectivity index (χ0) is 16.9. The number of carbonyl (C=O) groups is 1. The summed E-state index contributed by atoms with van der Waals surface area (Å²) in [7, 11) is 0. The molecule has 0 spiro atoms. The summed E-state index contributed by atoms with van der Waals surface area (Å²) in [5.74, 6) is 0.394. The number of H-pyrrole nitrogens is 1. The molecule has 3 aliphatic rings. The van der Waals surface area contributed by atoms with Gasteiger partial charge in [-0.05, 0) is 56.5 Å². The van der Waals surface area contributed by atoms with Crippen molar-refractivity contribution in [1.82, 2.24) is 19.8 Å². The van der Waals surface area contributed by atoms with E-state index in [2.05, 4.69) is 38.1 Å². The molecule has 5 rings (SSSR count). The van der Waals surface area contributed by atoms with Crippen LogP contribution in [0.4, 0.5) is 0 Å². The number of piperidine rings is 1. The lowest BCUT2D eigenvalue weighted by atomic mass is 9.79. The van der Waals surface area contributed by atoms with Crippen LogP contribution in [0.2, 0.25) is 0 Å². The van der Waals surface area contributed by atoms with Crippen LogP contribution in [0.5, 0.6) is 0 Å². The van der Waals surface area contributed by atoms with Crippen molar-refractivity contribution in [1.29, 1.82) is 0 Å². The van der Waals surface area contributed by atoms with Crippen LogP contribution in [0.3, 0.4) is 0 Å². The van der Waals surface area contributed by atoms with E-state index in [9.17, 15) is 4.79 Å². The van der Waals surface area contributed by atoms with E-state index in [-0.39, 0.29) is 5.41 Å². The van der Waals surface area contributed by atoms with Gasteiger partial charge in [0.05, 0.1) is 5.41 Å². The molecule has 25 heavy (non-hydrogen) atoms. The molecule has 0 aliphatic carbocycles. The van der Waals surface area contributed by atoms with Gasteiger partial charge in [0, 0.05) is 43.0 Å². The van der Waals surface area contributed by atoms with E-state index in [4.69, 9.17) is 0 Å². The quantitative estimate of drug-likeness (QED) is 0.917. The Morgan fingerprint density at radius 3 is 3.08 bits per heavy atom. The first kappa shape index (κ1) is 15.1. The Hall–Kier alpha value is -2.14. The van der Waals surface area contributed by atoms with Gasteiger partial charge >= 0.3 is 0 Å². The van der Waals surface area contributed by atoms with Crippen molar-refractivity contribution < 1.29 is 4.79 Å². The van der Waals surface area contributed by atoms with Gasteiger partial charge < -0.3 is 14.8 Å². The number of aromatic amines is 1. The van der Waals surface area contributed by atoms with Crippen LogP contribution in [-0.2, 0) is 4.79 Å². The summed E-state index contributed by atoms with van der Waals surface area (Å²) in [6.07, 6.45) is 10.3. The van der Waals surface area contributed by atoms with Crippen molar-refractivity contribution in [2.45, 2.75) is 25.7 Å². The van der Waals surface area contributed by atoms with Crippen molar-refractivity contribution in [3.05, 3.63) is 36.2 Å². The molecule has 5 nitrogen and oxygen atoms in total. The Morgan fingerprint density at radius 1 is 1.24 bits per heavy atom. The lowest BCUT2D eigenvalue weighted by Crippen LogP contribution is -2.48. The highest BCUT2D eigenvalue weighted by atomic mass is 16.2. The molecular weight excluding hydrogens is 312 g/mol. The first-order valence-electron chi connectivity index (χ1n) is 9.38. The van der Waals surface area contributed by atoms with Gasteiger partial charge in [-0.15, -0.1) is 0 Å². The molecule has 2 aromatic rings. The topological polar surface area (TPSA) is 52.2 Å². The average molecular weight is 336 g/mol. The first-order chi connectivity index (χ1) is 12.3. The second kappa shape index (κ2) is 5.70. The van der Waals surface area contributed by atoms with Crippen LogP contribution in [0.15, 0.2) is 30.6 Å². The average Bonchev–Trinajstić information content (AvgIpc) is 3.23. The van der Waals surface area contributed by atoms with Crippen LogP contribution in [0.25, 0.3) is 16.6 Å². The summed E-state index contributed by atoms with van der Waals surface area (Å²) in [6.45, 7) is 4.83. The van der Waals surface area contributed by atoms with Crippen molar-refractivity contribution >= 4 is 22.5 Å². The summed E-state index contributed by atoms with van der Waals surface area (Å²) in [5, 5.41) is 1.17. The maximum atomic E-state index is 13.2. The summed E-state index contributed by atoms with van der Waals surface area (Å²) in [5.41, 5.74) is 3.41. The van der Waals surface area contributed by atoms with E-state index in [1.165, 1.54) is 29.5 Å². The number of nitrogens with one attached hydrogen (secondary N) is 1. The molecular formula is C20H24N4O. The number of pyridine rings is 1. The van der Waals surface area contributed by atoms with Crippen molar-refractivity contribution in [3.8, 4) is 0 Å². The highest BCUT2D eigenvalue weighted by Crippen LogP contribution is 2.41. The SMILES string of the molecule is O=C(N1CC=C(c2c[nH]c3ncccc23)CC1)C12CCCN(CC1)C2. The van der Waals surface area contributed by atoms with Crippen LogP contribution >= 0.6 is 0 Å². The zero-order valence-electron chi connectivity index (χ0n) is 14.5. The Balaban J connectivity index is 1.36. The largest absolute Gasteiger partial charge is 0.346 e. The Labute approximate surface area is 147 Å². The van der Waals surface area contributed by atoms with Gasteiger partial charge in [0.2, 0.25) is 5.91 Å². The molecule has 2 bridgehead atoms. The molecule has 1 N–H and O–H groups in total. The minimum absolute atomic E-state index is 0.0890. The third-order valence-electron chi connectivity index (χ3n) is 6.31. The van der Waals surface area contributed by atoms with E-state index in [0.717, 1.165) is 51.1 Å². The molecule has 130 valence electrons. The third-order valence-corrected chi connectivity index (χ3v) is 6.31. The molecule has 2 fully saturated rings. The van der Waals surface area contributed by atoms with E-state index < -0.39 is 0 Å². The highest BCUT2D eigenvalue weighted by Gasteiger charge is 2.48. The molecule has 5 heteroatoms. The first-order valence-corrected chi connectivity index (χ1v) is 9.38. The number of nitrogens with zero attached hydrogens (tertiary/aromatic N) is 3. The molecule has 5 heterocycles. The van der Waals surface area contributed by atoms with Gasteiger partial charge in [-0.3, -0.25) is 4.79 Å². The molecule has 2 aromatic heterocycles. The molecule has 1 amide bonds. The third kappa shape index (κ3) is 2.41. The summed E-state index contributed by atoms with van der Waals surface area (Å²) >= 11 is 0. The minimum atomic E-state index is -0.0890. The second-order valence-electron chi connectivity index (χ2n) is 7.74. The number of aromatic nitrogens is 2. The second-order valence-corrected chi connectivity index (χ2v) is 7.74. The van der Waals surface area contributed by atoms with Crippen molar-refractivity contribution in [2.24, 2.45) is 5.41 Å². The summed E-state index contributed by atoms with van der Waals surface area (Å²) in [6, 6.07) is 4.09. The predicted octanol–water partition coefficient (Wildman–Crippen LogP) is 2.66. The van der Waals surface area contributed by atoms with Gasteiger partial charge in [-0.25, -0.2) is 4.98 Å². The number of amides is 1. The fourth-order valence-electron chi connectivity index (χ4n) is 4.93. The Morgan fingerprint density at radius 2 is 2.20 bits per heavy atom. The number of rotatable bonds is 2. The van der Waals surface area contributed by atoms with Gasteiger partial charge in [-0.2, -0.15) is 0 Å². The number of carbonyl (C=O) groups excluding carboxylic acids is 1. The van der Waals surface area contributed by atoms with Crippen molar-refractivity contribution in [3.63, 3.8) is 0 Å². The van der Waals surface area contributed by atoms with E-state index in [1.807, 2.05) is 12.3 Å². The van der Waals surface area contributed by atoms with E-state index in [0.29, 0.717) is 5.91 Å². The molecule has 2 atom stereocenters. The lowest BCUT2D eigenvalue weighted by molar-refractivity contribution is -0.142. The molecule has 2 unspecified atom stereocenters. The lowest BCUT2D eigenvalue weighted by Gasteiger charge is -2.38. The molecule has 0 saturated carbocycles. The summed E-state index contributed by atoms with van der Waals surface area (Å²) in [4.78, 5) is 25.4. The number of hydrogen-bond donors (Lipinski definition) is 1. The van der Waals surface area contributed by atoms with Gasteiger partial charge in [0.25, 0.3) is 0 Å². The van der Waals surface area contributed by atoms with Gasteiger partial charge in [-0.1, -0.05) is 6.08 Å². The van der Waals surface area contributed by atoms with E-state index >= 15 is 0 Å².